The Kier molecular flexibility index (Phi) is 5.93. The molecule has 0 aliphatic rings. The Balaban J connectivity index is 1.89. The van der Waals surface area contributed by atoms with Crippen molar-refractivity contribution in [3.05, 3.63) is 53.1 Å². The van der Waals surface area contributed by atoms with E-state index in [0.29, 0.717) is 28.1 Å². The van der Waals surface area contributed by atoms with Gasteiger partial charge in [-0.2, -0.15) is 0 Å². The van der Waals surface area contributed by atoms with Gasteiger partial charge in [0.25, 0.3) is 0 Å². The third kappa shape index (κ3) is 5.06. The SMILES string of the molecule is CC(NC(=O)Nc1ccc(N)cc1Cl)Oc1ccc(C(C)C)cc1. The van der Waals surface area contributed by atoms with Crippen LogP contribution in [0.2, 0.25) is 5.02 Å². The molecule has 0 aliphatic carbocycles. The number of nitrogens with two attached hydrogens (primary N) is 1. The van der Waals surface area contributed by atoms with E-state index in [2.05, 4.69) is 24.5 Å². The van der Waals surface area contributed by atoms with Gasteiger partial charge in [0.15, 0.2) is 6.23 Å². The fourth-order valence-electron chi connectivity index (χ4n) is 2.14. The van der Waals surface area contributed by atoms with E-state index in [1.54, 1.807) is 25.1 Å². The summed E-state index contributed by atoms with van der Waals surface area (Å²) in [5.41, 5.74) is 7.87. The maximum absolute atomic E-state index is 12.0. The van der Waals surface area contributed by atoms with Crippen molar-refractivity contribution in [3.63, 3.8) is 0 Å². The lowest BCUT2D eigenvalue weighted by molar-refractivity contribution is 0.183. The van der Waals surface area contributed by atoms with Crippen molar-refractivity contribution < 1.29 is 9.53 Å². The van der Waals surface area contributed by atoms with E-state index >= 15 is 0 Å². The molecule has 0 saturated heterocycles. The molecule has 24 heavy (non-hydrogen) atoms. The number of rotatable bonds is 5. The molecule has 0 radical (unpaired) electrons. The molecule has 2 aromatic rings. The highest BCUT2D eigenvalue weighted by Gasteiger charge is 2.11. The first-order valence-corrected chi connectivity index (χ1v) is 8.12. The zero-order valence-electron chi connectivity index (χ0n) is 14.0. The van der Waals surface area contributed by atoms with E-state index in [-0.39, 0.29) is 0 Å². The summed E-state index contributed by atoms with van der Waals surface area (Å²) < 4.78 is 5.68. The van der Waals surface area contributed by atoms with Crippen molar-refractivity contribution in [3.8, 4) is 5.75 Å². The van der Waals surface area contributed by atoms with Crippen LogP contribution in [0, 0.1) is 0 Å². The van der Waals surface area contributed by atoms with Crippen LogP contribution in [0.15, 0.2) is 42.5 Å². The Bertz CT molecular complexity index is 702. The fourth-order valence-corrected chi connectivity index (χ4v) is 2.38. The summed E-state index contributed by atoms with van der Waals surface area (Å²) in [5.74, 6) is 1.16. The van der Waals surface area contributed by atoms with Crippen molar-refractivity contribution in [1.29, 1.82) is 0 Å². The number of ether oxygens (including phenoxy) is 1. The molecule has 0 bridgehead atoms. The van der Waals surface area contributed by atoms with Gasteiger partial charge in [-0.25, -0.2) is 4.79 Å². The first kappa shape index (κ1) is 17.9. The number of urea groups is 1. The van der Waals surface area contributed by atoms with Crippen LogP contribution in [-0.2, 0) is 0 Å². The summed E-state index contributed by atoms with van der Waals surface area (Å²) >= 11 is 6.03. The van der Waals surface area contributed by atoms with E-state index < -0.39 is 12.3 Å². The summed E-state index contributed by atoms with van der Waals surface area (Å²) in [6, 6.07) is 12.3. The molecule has 1 unspecified atom stereocenters. The van der Waals surface area contributed by atoms with Gasteiger partial charge in [-0.05, 0) is 48.7 Å². The zero-order valence-corrected chi connectivity index (χ0v) is 14.7. The van der Waals surface area contributed by atoms with Crippen LogP contribution in [0.4, 0.5) is 16.2 Å². The van der Waals surface area contributed by atoms with Gasteiger partial charge in [-0.1, -0.05) is 37.6 Å². The van der Waals surface area contributed by atoms with Crippen LogP contribution in [0.5, 0.6) is 5.75 Å². The summed E-state index contributed by atoms with van der Waals surface area (Å²) in [7, 11) is 0. The Morgan fingerprint density at radius 2 is 1.79 bits per heavy atom. The minimum absolute atomic E-state index is 0.378. The molecule has 6 heteroatoms. The molecule has 0 heterocycles. The molecular weight excluding hydrogens is 326 g/mol. The maximum atomic E-state index is 12.0. The van der Waals surface area contributed by atoms with Gasteiger partial charge in [0, 0.05) is 5.69 Å². The molecule has 0 spiro atoms. The van der Waals surface area contributed by atoms with E-state index in [9.17, 15) is 4.79 Å². The first-order chi connectivity index (χ1) is 11.3. The standard InChI is InChI=1S/C18H22ClN3O2/c1-11(2)13-4-7-15(8-5-13)24-12(3)21-18(23)22-17-9-6-14(20)10-16(17)19/h4-12H,20H2,1-3H3,(H2,21,22,23). The summed E-state index contributed by atoms with van der Waals surface area (Å²) in [6.07, 6.45) is -0.498. The molecule has 4 N–H and O–H groups in total. The van der Waals surface area contributed by atoms with Crippen LogP contribution in [-0.4, -0.2) is 12.3 Å². The van der Waals surface area contributed by atoms with Crippen LogP contribution in [0.25, 0.3) is 0 Å². The van der Waals surface area contributed by atoms with E-state index in [0.717, 1.165) is 0 Å². The first-order valence-electron chi connectivity index (χ1n) is 7.74. The van der Waals surface area contributed by atoms with E-state index in [1.165, 1.54) is 5.56 Å². The summed E-state index contributed by atoms with van der Waals surface area (Å²) in [5, 5.41) is 5.73. The molecule has 2 rings (SSSR count). The largest absolute Gasteiger partial charge is 0.471 e. The molecular formula is C18H22ClN3O2. The Morgan fingerprint density at radius 1 is 1.12 bits per heavy atom. The van der Waals surface area contributed by atoms with Crippen LogP contribution in [0.1, 0.15) is 32.3 Å². The highest BCUT2D eigenvalue weighted by atomic mass is 35.5. The number of anilines is 2. The van der Waals surface area contributed by atoms with E-state index in [4.69, 9.17) is 22.1 Å². The topological polar surface area (TPSA) is 76.4 Å². The number of carbonyl (C=O) groups is 1. The van der Waals surface area contributed by atoms with Gasteiger partial charge in [0.2, 0.25) is 0 Å². The van der Waals surface area contributed by atoms with Gasteiger partial charge in [0.1, 0.15) is 5.75 Å². The lowest BCUT2D eigenvalue weighted by Crippen LogP contribution is -2.39. The number of nitrogens with one attached hydrogen (secondary N) is 2. The molecule has 2 amide bonds. The number of hydrogen-bond acceptors (Lipinski definition) is 3. The quantitative estimate of drug-likeness (QED) is 0.546. The molecule has 0 aliphatic heterocycles. The lowest BCUT2D eigenvalue weighted by Gasteiger charge is -2.17. The molecule has 128 valence electrons. The third-order valence-corrected chi connectivity index (χ3v) is 3.75. The normalized spacial score (nSPS) is 11.9. The number of amides is 2. The molecule has 0 aromatic heterocycles. The molecule has 2 aromatic carbocycles. The third-order valence-electron chi connectivity index (χ3n) is 3.44. The van der Waals surface area contributed by atoms with Crippen LogP contribution < -0.4 is 21.1 Å². The van der Waals surface area contributed by atoms with Crippen molar-refractivity contribution in [1.82, 2.24) is 5.32 Å². The van der Waals surface area contributed by atoms with Crippen molar-refractivity contribution >= 4 is 29.0 Å². The highest BCUT2D eigenvalue weighted by Crippen LogP contribution is 2.24. The number of carbonyl (C=O) groups excluding carboxylic acids is 1. The zero-order chi connectivity index (χ0) is 17.7. The molecule has 5 nitrogen and oxygen atoms in total. The van der Waals surface area contributed by atoms with Crippen LogP contribution >= 0.6 is 11.6 Å². The molecule has 0 fully saturated rings. The van der Waals surface area contributed by atoms with Gasteiger partial charge >= 0.3 is 6.03 Å². The summed E-state index contributed by atoms with van der Waals surface area (Å²) in [4.78, 5) is 12.0. The van der Waals surface area contributed by atoms with Gasteiger partial charge in [-0.3, -0.25) is 0 Å². The van der Waals surface area contributed by atoms with Gasteiger partial charge in [-0.15, -0.1) is 0 Å². The fraction of sp³-hybridized carbons (Fsp3) is 0.278. The van der Waals surface area contributed by atoms with Crippen molar-refractivity contribution in [2.24, 2.45) is 0 Å². The number of nitrogen functional groups attached to an aromatic ring is 1. The van der Waals surface area contributed by atoms with Crippen molar-refractivity contribution in [2.75, 3.05) is 11.1 Å². The lowest BCUT2D eigenvalue weighted by atomic mass is 10.0. The predicted octanol–water partition coefficient (Wildman–Crippen LogP) is 4.59. The van der Waals surface area contributed by atoms with E-state index in [1.807, 2.05) is 24.3 Å². The Labute approximate surface area is 147 Å². The molecule has 0 saturated carbocycles. The van der Waals surface area contributed by atoms with Crippen LogP contribution in [0.3, 0.4) is 0 Å². The number of halogens is 1. The Hall–Kier alpha value is -2.40. The molecule has 1 atom stereocenters. The number of hydrogen-bond donors (Lipinski definition) is 3. The van der Waals surface area contributed by atoms with Crippen molar-refractivity contribution in [2.45, 2.75) is 32.9 Å². The average Bonchev–Trinajstić information content (AvgIpc) is 2.50. The van der Waals surface area contributed by atoms with Gasteiger partial charge in [0.05, 0.1) is 10.7 Å². The van der Waals surface area contributed by atoms with Gasteiger partial charge < -0.3 is 21.1 Å². The second kappa shape index (κ2) is 7.93. The smallest absolute Gasteiger partial charge is 0.322 e. The minimum atomic E-state index is -0.498. The average molecular weight is 348 g/mol. The Morgan fingerprint density at radius 3 is 2.38 bits per heavy atom. The second-order valence-electron chi connectivity index (χ2n) is 5.82. The monoisotopic (exact) mass is 347 g/mol. The second-order valence-corrected chi connectivity index (χ2v) is 6.23. The minimum Gasteiger partial charge on any atom is -0.471 e. The maximum Gasteiger partial charge on any atom is 0.322 e. The predicted molar refractivity (Wildman–Crippen MR) is 98.6 cm³/mol. The summed E-state index contributed by atoms with van der Waals surface area (Å²) in [6.45, 7) is 6.01. The number of benzene rings is 2. The highest BCUT2D eigenvalue weighted by molar-refractivity contribution is 6.34.